The lowest BCUT2D eigenvalue weighted by atomic mass is 10.2. The number of hydrogen-bond donors (Lipinski definition) is 1. The molecule has 0 spiro atoms. The predicted molar refractivity (Wildman–Crippen MR) is 115 cm³/mol. The van der Waals surface area contributed by atoms with E-state index in [9.17, 15) is 18.0 Å². The van der Waals surface area contributed by atoms with Crippen LogP contribution in [0.5, 0.6) is 5.75 Å². The molecule has 31 heavy (non-hydrogen) atoms. The fourth-order valence-corrected chi connectivity index (χ4v) is 5.10. The van der Waals surface area contributed by atoms with Gasteiger partial charge in [0.2, 0.25) is 15.9 Å². The van der Waals surface area contributed by atoms with Crippen LogP contribution in [-0.4, -0.2) is 49.9 Å². The highest BCUT2D eigenvalue weighted by Crippen LogP contribution is 2.29. The molecule has 1 amide bonds. The number of benzene rings is 2. The van der Waals surface area contributed by atoms with Gasteiger partial charge in [0, 0.05) is 19.0 Å². The molecule has 0 unspecified atom stereocenters. The van der Waals surface area contributed by atoms with Gasteiger partial charge in [-0.05, 0) is 50.2 Å². The highest BCUT2D eigenvalue weighted by atomic mass is 32.2. The standard InChI is InChI=1S/C22H26N2O6S/c1-4-29-18-9-7-17(8-10-18)23-22(26)21-13-19(30-16(3)25)14-24(21)31(27,28)20-11-5-15(2)6-12-20/h5-12,19,21H,4,13-14H2,1-3H3,(H,23,26)/t19-,21+/m0/s1. The van der Waals surface area contributed by atoms with Crippen LogP contribution in [0.4, 0.5) is 5.69 Å². The third-order valence-electron chi connectivity index (χ3n) is 4.91. The molecular formula is C22H26N2O6S. The van der Waals surface area contributed by atoms with Crippen molar-refractivity contribution in [1.29, 1.82) is 0 Å². The van der Waals surface area contributed by atoms with Gasteiger partial charge in [-0.25, -0.2) is 8.42 Å². The van der Waals surface area contributed by atoms with Crippen molar-refractivity contribution in [3.05, 3.63) is 54.1 Å². The summed E-state index contributed by atoms with van der Waals surface area (Å²) in [7, 11) is -3.96. The fraction of sp³-hybridized carbons (Fsp3) is 0.364. The number of rotatable bonds is 7. The first-order chi connectivity index (χ1) is 14.7. The molecule has 1 aliphatic heterocycles. The van der Waals surface area contributed by atoms with Gasteiger partial charge in [-0.1, -0.05) is 17.7 Å². The number of esters is 1. The Morgan fingerprint density at radius 1 is 1.10 bits per heavy atom. The second kappa shape index (κ2) is 9.49. The number of nitrogens with one attached hydrogen (secondary N) is 1. The van der Waals surface area contributed by atoms with Crippen LogP contribution in [0.25, 0.3) is 0 Å². The lowest BCUT2D eigenvalue weighted by molar-refractivity contribution is -0.145. The zero-order valence-corrected chi connectivity index (χ0v) is 18.5. The topological polar surface area (TPSA) is 102 Å². The first-order valence-electron chi connectivity index (χ1n) is 10.00. The van der Waals surface area contributed by atoms with E-state index < -0.39 is 34.0 Å². The molecule has 2 atom stereocenters. The largest absolute Gasteiger partial charge is 0.494 e. The maximum Gasteiger partial charge on any atom is 0.302 e. The maximum absolute atomic E-state index is 13.2. The molecule has 0 saturated carbocycles. The van der Waals surface area contributed by atoms with Crippen LogP contribution in [0.2, 0.25) is 0 Å². The van der Waals surface area contributed by atoms with Gasteiger partial charge in [-0.15, -0.1) is 0 Å². The van der Waals surface area contributed by atoms with Gasteiger partial charge >= 0.3 is 5.97 Å². The molecule has 1 N–H and O–H groups in total. The Balaban J connectivity index is 1.84. The zero-order chi connectivity index (χ0) is 22.6. The molecule has 1 heterocycles. The number of aryl methyl sites for hydroxylation is 1. The Kier molecular flexibility index (Phi) is 6.97. The molecular weight excluding hydrogens is 420 g/mol. The Bertz CT molecular complexity index is 1030. The van der Waals surface area contributed by atoms with Gasteiger partial charge in [-0.3, -0.25) is 9.59 Å². The van der Waals surface area contributed by atoms with E-state index in [-0.39, 0.29) is 17.9 Å². The van der Waals surface area contributed by atoms with E-state index in [0.717, 1.165) is 9.87 Å². The summed E-state index contributed by atoms with van der Waals surface area (Å²) in [5.41, 5.74) is 1.43. The molecule has 0 radical (unpaired) electrons. The van der Waals surface area contributed by atoms with Crippen LogP contribution in [0.3, 0.4) is 0 Å². The maximum atomic E-state index is 13.2. The van der Waals surface area contributed by atoms with E-state index in [0.29, 0.717) is 18.0 Å². The summed E-state index contributed by atoms with van der Waals surface area (Å²) < 4.78 is 38.2. The quantitative estimate of drug-likeness (QED) is 0.656. The highest BCUT2D eigenvalue weighted by Gasteiger charge is 2.45. The Labute approximate surface area is 182 Å². The second-order valence-corrected chi connectivity index (χ2v) is 9.21. The van der Waals surface area contributed by atoms with E-state index in [1.165, 1.54) is 19.1 Å². The van der Waals surface area contributed by atoms with E-state index in [1.807, 2.05) is 13.8 Å². The first-order valence-corrected chi connectivity index (χ1v) is 11.4. The summed E-state index contributed by atoms with van der Waals surface area (Å²) in [6.45, 7) is 5.43. The van der Waals surface area contributed by atoms with Gasteiger partial charge in [-0.2, -0.15) is 4.31 Å². The highest BCUT2D eigenvalue weighted by molar-refractivity contribution is 7.89. The molecule has 2 aromatic carbocycles. The summed E-state index contributed by atoms with van der Waals surface area (Å²) in [5.74, 6) is -0.348. The smallest absolute Gasteiger partial charge is 0.302 e. The molecule has 3 rings (SSSR count). The molecule has 2 aromatic rings. The Hall–Kier alpha value is -2.91. The monoisotopic (exact) mass is 446 g/mol. The molecule has 1 fully saturated rings. The summed E-state index contributed by atoms with van der Waals surface area (Å²) in [5, 5.41) is 2.75. The van der Waals surface area contributed by atoms with Crippen LogP contribution >= 0.6 is 0 Å². The van der Waals surface area contributed by atoms with Gasteiger partial charge in [0.05, 0.1) is 18.0 Å². The average Bonchev–Trinajstić information content (AvgIpc) is 3.14. The minimum atomic E-state index is -3.96. The van der Waals surface area contributed by atoms with Crippen LogP contribution in [-0.2, 0) is 24.3 Å². The zero-order valence-electron chi connectivity index (χ0n) is 17.7. The SMILES string of the molecule is CCOc1ccc(NC(=O)[C@H]2C[C@H](OC(C)=O)CN2S(=O)(=O)c2ccc(C)cc2)cc1. The summed E-state index contributed by atoms with van der Waals surface area (Å²) >= 11 is 0. The van der Waals surface area contributed by atoms with Crippen molar-refractivity contribution in [2.24, 2.45) is 0 Å². The molecule has 0 bridgehead atoms. The number of ether oxygens (including phenoxy) is 2. The van der Waals surface area contributed by atoms with Crippen molar-refractivity contribution in [2.75, 3.05) is 18.5 Å². The Morgan fingerprint density at radius 3 is 2.32 bits per heavy atom. The molecule has 1 aliphatic rings. The molecule has 166 valence electrons. The molecule has 8 nitrogen and oxygen atoms in total. The molecule has 9 heteroatoms. The van der Waals surface area contributed by atoms with E-state index in [2.05, 4.69) is 5.32 Å². The van der Waals surface area contributed by atoms with Gasteiger partial charge in [0.1, 0.15) is 17.9 Å². The number of anilines is 1. The second-order valence-electron chi connectivity index (χ2n) is 7.32. The lowest BCUT2D eigenvalue weighted by Crippen LogP contribution is -2.43. The van der Waals surface area contributed by atoms with Crippen molar-refractivity contribution >= 4 is 27.6 Å². The number of amides is 1. The normalized spacial score (nSPS) is 19.1. The first kappa shape index (κ1) is 22.8. The third-order valence-corrected chi connectivity index (χ3v) is 6.80. The minimum Gasteiger partial charge on any atom is -0.494 e. The van der Waals surface area contributed by atoms with Crippen LogP contribution in [0, 0.1) is 6.92 Å². The summed E-state index contributed by atoms with van der Waals surface area (Å²) in [4.78, 5) is 24.5. The fourth-order valence-electron chi connectivity index (χ4n) is 3.46. The van der Waals surface area contributed by atoms with Gasteiger partial charge < -0.3 is 14.8 Å². The number of nitrogens with zero attached hydrogens (tertiary/aromatic N) is 1. The van der Waals surface area contributed by atoms with Crippen molar-refractivity contribution in [3.63, 3.8) is 0 Å². The van der Waals surface area contributed by atoms with E-state index >= 15 is 0 Å². The number of hydrogen-bond acceptors (Lipinski definition) is 6. The molecule has 0 aromatic heterocycles. The number of sulfonamides is 1. The van der Waals surface area contributed by atoms with Crippen molar-refractivity contribution in [2.45, 2.75) is 44.2 Å². The number of carbonyl (C=O) groups excluding carboxylic acids is 2. The average molecular weight is 447 g/mol. The van der Waals surface area contributed by atoms with Crippen LogP contribution < -0.4 is 10.1 Å². The minimum absolute atomic E-state index is 0.0769. The molecule has 0 aliphatic carbocycles. The summed E-state index contributed by atoms with van der Waals surface area (Å²) in [6, 6.07) is 12.2. The van der Waals surface area contributed by atoms with Crippen molar-refractivity contribution in [3.8, 4) is 5.75 Å². The molecule has 1 saturated heterocycles. The van der Waals surface area contributed by atoms with E-state index in [1.54, 1.807) is 36.4 Å². The Morgan fingerprint density at radius 2 is 1.74 bits per heavy atom. The predicted octanol–water partition coefficient (Wildman–Crippen LogP) is 2.73. The van der Waals surface area contributed by atoms with Crippen LogP contribution in [0.15, 0.2) is 53.4 Å². The third kappa shape index (κ3) is 5.42. The lowest BCUT2D eigenvalue weighted by Gasteiger charge is -2.23. The van der Waals surface area contributed by atoms with Crippen molar-refractivity contribution in [1.82, 2.24) is 4.31 Å². The summed E-state index contributed by atoms with van der Waals surface area (Å²) in [6.07, 6.45) is -0.623. The van der Waals surface area contributed by atoms with Crippen LogP contribution in [0.1, 0.15) is 25.8 Å². The van der Waals surface area contributed by atoms with E-state index in [4.69, 9.17) is 9.47 Å². The van der Waals surface area contributed by atoms with Gasteiger partial charge in [0.15, 0.2) is 0 Å². The van der Waals surface area contributed by atoms with Gasteiger partial charge in [0.25, 0.3) is 0 Å². The van der Waals surface area contributed by atoms with Crippen molar-refractivity contribution < 1.29 is 27.5 Å². The number of carbonyl (C=O) groups is 2.